The average Bonchev–Trinajstić information content (AvgIpc) is 3.21. The third-order valence-electron chi connectivity index (χ3n) is 6.40. The second kappa shape index (κ2) is 11.3. The summed E-state index contributed by atoms with van der Waals surface area (Å²) in [5.41, 5.74) is 2.45. The molecule has 1 N–H and O–H groups in total. The minimum atomic E-state index is -0.871. The summed E-state index contributed by atoms with van der Waals surface area (Å²) >= 11 is 0. The molecule has 1 unspecified atom stereocenters. The number of ketones is 1. The summed E-state index contributed by atoms with van der Waals surface area (Å²) in [6.07, 6.45) is 0.829. The average molecular weight is 517 g/mol. The van der Waals surface area contributed by atoms with Gasteiger partial charge in [0.2, 0.25) is 0 Å². The van der Waals surface area contributed by atoms with Crippen molar-refractivity contribution >= 4 is 28.8 Å². The number of ether oxygens (including phenoxy) is 3. The molecule has 38 heavy (non-hydrogen) atoms. The summed E-state index contributed by atoms with van der Waals surface area (Å²) in [5, 5.41) is 11.5. The zero-order valence-electron chi connectivity index (χ0n) is 22.2. The van der Waals surface area contributed by atoms with E-state index in [1.54, 1.807) is 42.5 Å². The smallest absolute Gasteiger partial charge is 0.300 e. The number of benzene rings is 3. The van der Waals surface area contributed by atoms with Crippen molar-refractivity contribution in [1.82, 2.24) is 0 Å². The van der Waals surface area contributed by atoms with Crippen LogP contribution in [0.5, 0.6) is 17.2 Å². The molecule has 0 bridgehead atoms. The van der Waals surface area contributed by atoms with Crippen molar-refractivity contribution in [2.75, 3.05) is 44.7 Å². The normalized spacial score (nSPS) is 16.4. The molecule has 0 spiro atoms. The summed E-state index contributed by atoms with van der Waals surface area (Å²) in [6, 6.07) is 18.5. The van der Waals surface area contributed by atoms with Gasteiger partial charge in [0.25, 0.3) is 11.7 Å². The third kappa shape index (κ3) is 5.02. The topological polar surface area (TPSA) is 88.5 Å². The zero-order chi connectivity index (χ0) is 27.4. The van der Waals surface area contributed by atoms with Crippen molar-refractivity contribution in [3.63, 3.8) is 0 Å². The highest BCUT2D eigenvalue weighted by molar-refractivity contribution is 6.51. The van der Waals surface area contributed by atoms with Crippen LogP contribution in [0.1, 0.15) is 30.5 Å². The monoisotopic (exact) mass is 516 g/mol. The van der Waals surface area contributed by atoms with Crippen LogP contribution < -0.4 is 24.0 Å². The number of Topliss-reactive ketones (excluding diaryl/α,β-unsaturated/α-hetero) is 1. The van der Waals surface area contributed by atoms with E-state index in [1.165, 1.54) is 19.1 Å². The maximum atomic E-state index is 13.5. The van der Waals surface area contributed by atoms with Crippen molar-refractivity contribution in [3.05, 3.63) is 83.4 Å². The third-order valence-corrected chi connectivity index (χ3v) is 6.40. The molecule has 0 aromatic heterocycles. The lowest BCUT2D eigenvalue weighted by molar-refractivity contribution is -0.132. The van der Waals surface area contributed by atoms with Gasteiger partial charge in [0.1, 0.15) is 11.5 Å². The van der Waals surface area contributed by atoms with Crippen LogP contribution in [-0.2, 0) is 9.59 Å². The van der Waals surface area contributed by atoms with Gasteiger partial charge < -0.3 is 24.2 Å². The van der Waals surface area contributed by atoms with E-state index in [1.807, 2.05) is 50.2 Å². The van der Waals surface area contributed by atoms with Gasteiger partial charge in [-0.2, -0.15) is 0 Å². The zero-order valence-corrected chi connectivity index (χ0v) is 22.2. The fraction of sp³-hybridized carbons (Fsp3) is 0.267. The van der Waals surface area contributed by atoms with Crippen LogP contribution in [0.15, 0.2) is 72.3 Å². The lowest BCUT2D eigenvalue weighted by atomic mass is 9.94. The van der Waals surface area contributed by atoms with E-state index in [4.69, 9.17) is 14.2 Å². The molecule has 1 aliphatic heterocycles. The van der Waals surface area contributed by atoms with Gasteiger partial charge in [0.05, 0.1) is 32.4 Å². The highest BCUT2D eigenvalue weighted by atomic mass is 16.5. The highest BCUT2D eigenvalue weighted by Crippen LogP contribution is 2.44. The van der Waals surface area contributed by atoms with E-state index in [2.05, 4.69) is 0 Å². The summed E-state index contributed by atoms with van der Waals surface area (Å²) in [6.45, 7) is 2.52. The first-order valence-electron chi connectivity index (χ1n) is 12.3. The Hall–Kier alpha value is -4.46. The molecule has 3 aromatic rings. The van der Waals surface area contributed by atoms with Crippen molar-refractivity contribution in [3.8, 4) is 17.2 Å². The fourth-order valence-electron chi connectivity index (χ4n) is 4.45. The van der Waals surface area contributed by atoms with Crippen LogP contribution >= 0.6 is 0 Å². The highest BCUT2D eigenvalue weighted by Gasteiger charge is 2.47. The minimum Gasteiger partial charge on any atom is -0.507 e. The van der Waals surface area contributed by atoms with Gasteiger partial charge in [-0.25, -0.2) is 0 Å². The van der Waals surface area contributed by atoms with Crippen LogP contribution in [0.25, 0.3) is 5.76 Å². The lowest BCUT2D eigenvalue weighted by Gasteiger charge is -2.26. The van der Waals surface area contributed by atoms with E-state index in [0.29, 0.717) is 40.7 Å². The molecule has 1 saturated heterocycles. The van der Waals surface area contributed by atoms with E-state index >= 15 is 0 Å². The van der Waals surface area contributed by atoms with Crippen molar-refractivity contribution in [1.29, 1.82) is 0 Å². The Morgan fingerprint density at radius 3 is 2.29 bits per heavy atom. The van der Waals surface area contributed by atoms with E-state index in [-0.39, 0.29) is 11.3 Å². The molecule has 1 amide bonds. The van der Waals surface area contributed by atoms with Crippen LogP contribution in [0, 0.1) is 0 Å². The van der Waals surface area contributed by atoms with Gasteiger partial charge in [0.15, 0.2) is 11.5 Å². The number of rotatable bonds is 9. The van der Waals surface area contributed by atoms with Crippen LogP contribution in [0.2, 0.25) is 0 Å². The van der Waals surface area contributed by atoms with Crippen molar-refractivity contribution in [2.24, 2.45) is 0 Å². The molecule has 1 aliphatic rings. The number of carbonyl (C=O) groups excluding carboxylic acids is 2. The quantitative estimate of drug-likeness (QED) is 0.238. The number of methoxy groups -OCH3 is 2. The van der Waals surface area contributed by atoms with E-state index < -0.39 is 17.7 Å². The van der Waals surface area contributed by atoms with Crippen LogP contribution in [0.4, 0.5) is 11.4 Å². The molecule has 1 atom stereocenters. The lowest BCUT2D eigenvalue weighted by Crippen LogP contribution is -2.29. The molecule has 4 rings (SSSR count). The van der Waals surface area contributed by atoms with Gasteiger partial charge in [-0.15, -0.1) is 0 Å². The van der Waals surface area contributed by atoms with Gasteiger partial charge in [-0.3, -0.25) is 14.5 Å². The molecule has 8 nitrogen and oxygen atoms in total. The first-order valence-corrected chi connectivity index (χ1v) is 12.3. The maximum Gasteiger partial charge on any atom is 0.300 e. The minimum absolute atomic E-state index is 0.00460. The molecule has 8 heteroatoms. The van der Waals surface area contributed by atoms with Crippen LogP contribution in [-0.4, -0.2) is 51.7 Å². The number of anilines is 2. The molecule has 3 aromatic carbocycles. The maximum absolute atomic E-state index is 13.5. The second-order valence-corrected chi connectivity index (χ2v) is 9.07. The second-order valence-electron chi connectivity index (χ2n) is 9.07. The molecule has 1 fully saturated rings. The predicted octanol–water partition coefficient (Wildman–Crippen LogP) is 5.18. The van der Waals surface area contributed by atoms with Gasteiger partial charge in [0, 0.05) is 37.1 Å². The molecule has 0 radical (unpaired) electrons. The Morgan fingerprint density at radius 1 is 0.947 bits per heavy atom. The number of amides is 1. The Bertz CT molecular complexity index is 1360. The summed E-state index contributed by atoms with van der Waals surface area (Å²) in [7, 11) is 6.88. The largest absolute Gasteiger partial charge is 0.507 e. The first kappa shape index (κ1) is 26.6. The van der Waals surface area contributed by atoms with Gasteiger partial charge >= 0.3 is 0 Å². The van der Waals surface area contributed by atoms with Crippen molar-refractivity contribution < 1.29 is 28.9 Å². The molecular formula is C30H32N2O6. The molecular weight excluding hydrogens is 484 g/mol. The SMILES string of the molecule is CCCOc1cccc(/C(O)=C2\C(=O)C(=O)N(c3ccc(OC)c(OC)c3)C2c2ccc(N(C)C)cc2)c1. The number of aliphatic hydroxyl groups excluding tert-OH is 1. The Labute approximate surface area is 222 Å². The number of carbonyl (C=O) groups is 2. The summed E-state index contributed by atoms with van der Waals surface area (Å²) < 4.78 is 16.5. The Morgan fingerprint density at radius 2 is 1.66 bits per heavy atom. The standard InChI is InChI=1S/C30H32N2O6/c1-6-16-38-23-9-7-8-20(17-23)28(33)26-27(19-10-12-21(13-11-19)31(2)3)32(30(35)29(26)34)22-14-15-24(36-4)25(18-22)37-5/h7-15,17-18,27,33H,6,16H2,1-5H3/b28-26+. The molecule has 0 saturated carbocycles. The van der Waals surface area contributed by atoms with Gasteiger partial charge in [-0.05, 0) is 48.4 Å². The molecule has 1 heterocycles. The molecule has 0 aliphatic carbocycles. The number of nitrogens with zero attached hydrogens (tertiary/aromatic N) is 2. The van der Waals surface area contributed by atoms with Crippen LogP contribution in [0.3, 0.4) is 0 Å². The summed E-state index contributed by atoms with van der Waals surface area (Å²) in [5.74, 6) is -0.331. The summed E-state index contributed by atoms with van der Waals surface area (Å²) in [4.78, 5) is 30.3. The van der Waals surface area contributed by atoms with E-state index in [9.17, 15) is 14.7 Å². The Balaban J connectivity index is 1.90. The molecule has 198 valence electrons. The van der Waals surface area contributed by atoms with E-state index in [0.717, 1.165) is 12.1 Å². The predicted molar refractivity (Wildman–Crippen MR) is 147 cm³/mol. The van der Waals surface area contributed by atoms with Crippen molar-refractivity contribution in [2.45, 2.75) is 19.4 Å². The first-order chi connectivity index (χ1) is 18.3. The fourth-order valence-corrected chi connectivity index (χ4v) is 4.45. The number of hydrogen-bond acceptors (Lipinski definition) is 7. The van der Waals surface area contributed by atoms with Gasteiger partial charge in [-0.1, -0.05) is 31.2 Å². The number of aliphatic hydroxyl groups is 1. The Kier molecular flexibility index (Phi) is 7.90. The number of hydrogen-bond donors (Lipinski definition) is 1.